The summed E-state index contributed by atoms with van der Waals surface area (Å²) in [7, 11) is 0. The van der Waals surface area contributed by atoms with Crippen molar-refractivity contribution in [2.75, 3.05) is 31.1 Å². The summed E-state index contributed by atoms with van der Waals surface area (Å²) in [5.41, 5.74) is 1.80. The van der Waals surface area contributed by atoms with Crippen LogP contribution in [0.1, 0.15) is 5.76 Å². The number of rotatable bonds is 4. The molecule has 0 N–H and O–H groups in total. The highest BCUT2D eigenvalue weighted by atomic mass is 16.5. The van der Waals surface area contributed by atoms with Crippen molar-refractivity contribution in [1.82, 2.24) is 25.0 Å². The summed E-state index contributed by atoms with van der Waals surface area (Å²) in [6, 6.07) is 5.87. The summed E-state index contributed by atoms with van der Waals surface area (Å²) in [5.74, 6) is 1.82. The molecule has 0 amide bonds. The number of hydrogen-bond acceptors (Lipinski definition) is 7. The monoisotopic (exact) mass is 322 g/mol. The number of anilines is 1. The maximum atomic E-state index is 5.48. The minimum absolute atomic E-state index is 0.765. The summed E-state index contributed by atoms with van der Waals surface area (Å²) in [6.07, 6.45) is 8.79. The minimum Gasteiger partial charge on any atom is -0.359 e. The molecule has 0 radical (unpaired) electrons. The van der Waals surface area contributed by atoms with Crippen LogP contribution >= 0.6 is 0 Å². The average Bonchev–Trinajstić information content (AvgIpc) is 3.12. The van der Waals surface area contributed by atoms with Gasteiger partial charge in [0.1, 0.15) is 11.5 Å². The first-order chi connectivity index (χ1) is 11.9. The zero-order chi connectivity index (χ0) is 16.2. The van der Waals surface area contributed by atoms with E-state index in [1.807, 2.05) is 24.4 Å². The molecule has 3 aromatic rings. The van der Waals surface area contributed by atoms with Gasteiger partial charge in [-0.25, -0.2) is 4.98 Å². The van der Waals surface area contributed by atoms with Crippen molar-refractivity contribution in [2.45, 2.75) is 6.54 Å². The van der Waals surface area contributed by atoms with Gasteiger partial charge in [-0.1, -0.05) is 5.16 Å². The van der Waals surface area contributed by atoms with Crippen LogP contribution in [0.25, 0.3) is 11.3 Å². The lowest BCUT2D eigenvalue weighted by atomic mass is 10.2. The Bertz CT molecular complexity index is 768. The van der Waals surface area contributed by atoms with Gasteiger partial charge in [0.15, 0.2) is 5.76 Å². The van der Waals surface area contributed by atoms with E-state index in [4.69, 9.17) is 4.52 Å². The topological polar surface area (TPSA) is 71.2 Å². The second-order valence-electron chi connectivity index (χ2n) is 5.75. The molecule has 4 heterocycles. The van der Waals surface area contributed by atoms with Gasteiger partial charge >= 0.3 is 0 Å². The van der Waals surface area contributed by atoms with Crippen LogP contribution in [0.5, 0.6) is 0 Å². The molecule has 3 aromatic heterocycles. The van der Waals surface area contributed by atoms with E-state index < -0.39 is 0 Å². The zero-order valence-corrected chi connectivity index (χ0v) is 13.2. The van der Waals surface area contributed by atoms with Crippen LogP contribution in [-0.2, 0) is 6.54 Å². The first kappa shape index (κ1) is 14.8. The molecule has 24 heavy (non-hydrogen) atoms. The Labute approximate surface area is 140 Å². The van der Waals surface area contributed by atoms with Crippen LogP contribution in [0.2, 0.25) is 0 Å². The standard InChI is InChI=1S/C17H18N6O/c1-2-14(11-18-3-1)16-10-15(24-21-16)13-22-6-8-23(9-7-22)17-12-19-4-5-20-17/h1-5,10-12H,6-9,13H2. The number of hydrogen-bond donors (Lipinski definition) is 0. The molecule has 0 bridgehead atoms. The fraction of sp³-hybridized carbons (Fsp3) is 0.294. The van der Waals surface area contributed by atoms with Gasteiger partial charge in [-0.05, 0) is 12.1 Å². The Balaban J connectivity index is 1.35. The summed E-state index contributed by atoms with van der Waals surface area (Å²) < 4.78 is 5.48. The van der Waals surface area contributed by atoms with E-state index in [2.05, 4.69) is 29.9 Å². The maximum Gasteiger partial charge on any atom is 0.151 e. The molecule has 122 valence electrons. The Morgan fingerprint density at radius 3 is 2.62 bits per heavy atom. The lowest BCUT2D eigenvalue weighted by Gasteiger charge is -2.34. The van der Waals surface area contributed by atoms with E-state index in [1.165, 1.54) is 0 Å². The van der Waals surface area contributed by atoms with Crippen LogP contribution in [0.3, 0.4) is 0 Å². The van der Waals surface area contributed by atoms with Gasteiger partial charge < -0.3 is 9.42 Å². The highest BCUT2D eigenvalue weighted by molar-refractivity contribution is 5.57. The van der Waals surface area contributed by atoms with Gasteiger partial charge in [-0.3, -0.25) is 14.9 Å². The summed E-state index contributed by atoms with van der Waals surface area (Å²) >= 11 is 0. The number of nitrogens with zero attached hydrogens (tertiary/aromatic N) is 6. The molecule has 0 atom stereocenters. The second kappa shape index (κ2) is 6.76. The molecule has 0 aromatic carbocycles. The van der Waals surface area contributed by atoms with Crippen molar-refractivity contribution in [3.8, 4) is 11.3 Å². The van der Waals surface area contributed by atoms with Crippen molar-refractivity contribution >= 4 is 5.82 Å². The molecule has 7 heteroatoms. The van der Waals surface area contributed by atoms with Crippen molar-refractivity contribution in [2.24, 2.45) is 0 Å². The molecule has 0 aliphatic carbocycles. The van der Waals surface area contributed by atoms with Gasteiger partial charge in [0, 0.05) is 62.6 Å². The third-order valence-corrected chi connectivity index (χ3v) is 4.14. The Hall–Kier alpha value is -2.80. The Morgan fingerprint density at radius 2 is 1.88 bits per heavy atom. The SMILES string of the molecule is c1cncc(-c2cc(CN3CCN(c4cnccn4)CC3)on2)c1. The average molecular weight is 322 g/mol. The lowest BCUT2D eigenvalue weighted by molar-refractivity contribution is 0.219. The van der Waals surface area contributed by atoms with Crippen LogP contribution in [-0.4, -0.2) is 51.2 Å². The molecular formula is C17H18N6O. The van der Waals surface area contributed by atoms with Gasteiger partial charge in [0.05, 0.1) is 12.7 Å². The summed E-state index contributed by atoms with van der Waals surface area (Å²) in [5, 5.41) is 4.14. The Kier molecular flexibility index (Phi) is 4.16. The van der Waals surface area contributed by atoms with Gasteiger partial charge in [-0.2, -0.15) is 0 Å². The summed E-state index contributed by atoms with van der Waals surface area (Å²) in [6.45, 7) is 4.55. The highest BCUT2D eigenvalue weighted by Gasteiger charge is 2.19. The predicted octanol–water partition coefficient (Wildman–Crippen LogP) is 1.85. The van der Waals surface area contributed by atoms with Crippen LogP contribution in [0.4, 0.5) is 5.82 Å². The molecule has 1 saturated heterocycles. The van der Waals surface area contributed by atoms with Gasteiger partial charge in [0.25, 0.3) is 0 Å². The number of piperazine rings is 1. The third-order valence-electron chi connectivity index (χ3n) is 4.14. The van der Waals surface area contributed by atoms with Crippen LogP contribution in [0.15, 0.2) is 53.7 Å². The van der Waals surface area contributed by atoms with Crippen molar-refractivity contribution < 1.29 is 4.52 Å². The Morgan fingerprint density at radius 1 is 1.00 bits per heavy atom. The largest absolute Gasteiger partial charge is 0.359 e. The predicted molar refractivity (Wildman–Crippen MR) is 89.3 cm³/mol. The number of aromatic nitrogens is 4. The van der Waals surface area contributed by atoms with Crippen molar-refractivity contribution in [3.05, 3.63) is 54.9 Å². The van der Waals surface area contributed by atoms with Crippen LogP contribution < -0.4 is 4.90 Å². The normalized spacial score (nSPS) is 15.6. The quantitative estimate of drug-likeness (QED) is 0.726. The van der Waals surface area contributed by atoms with Gasteiger partial charge in [0.2, 0.25) is 0 Å². The molecular weight excluding hydrogens is 304 g/mol. The van der Waals surface area contributed by atoms with E-state index >= 15 is 0 Å². The molecule has 0 spiro atoms. The zero-order valence-electron chi connectivity index (χ0n) is 13.2. The molecule has 1 aliphatic rings. The fourth-order valence-electron chi connectivity index (χ4n) is 2.85. The van der Waals surface area contributed by atoms with Crippen LogP contribution in [0, 0.1) is 0 Å². The molecule has 4 rings (SSSR count). The number of pyridine rings is 1. The van der Waals surface area contributed by atoms with Crippen molar-refractivity contribution in [1.29, 1.82) is 0 Å². The minimum atomic E-state index is 0.765. The molecule has 1 fully saturated rings. The second-order valence-corrected chi connectivity index (χ2v) is 5.75. The van der Waals surface area contributed by atoms with E-state index in [1.54, 1.807) is 24.8 Å². The molecule has 7 nitrogen and oxygen atoms in total. The van der Waals surface area contributed by atoms with Gasteiger partial charge in [-0.15, -0.1) is 0 Å². The lowest BCUT2D eigenvalue weighted by Crippen LogP contribution is -2.46. The van der Waals surface area contributed by atoms with E-state index in [0.717, 1.165) is 55.6 Å². The first-order valence-electron chi connectivity index (χ1n) is 7.98. The summed E-state index contributed by atoms with van der Waals surface area (Å²) in [4.78, 5) is 17.2. The van der Waals surface area contributed by atoms with E-state index in [9.17, 15) is 0 Å². The third kappa shape index (κ3) is 3.26. The fourth-order valence-corrected chi connectivity index (χ4v) is 2.85. The first-order valence-corrected chi connectivity index (χ1v) is 7.98. The highest BCUT2D eigenvalue weighted by Crippen LogP contribution is 2.19. The molecule has 1 aliphatic heterocycles. The van der Waals surface area contributed by atoms with Crippen molar-refractivity contribution in [3.63, 3.8) is 0 Å². The molecule has 0 unspecified atom stereocenters. The molecule has 0 saturated carbocycles. The van der Waals surface area contributed by atoms with E-state index in [-0.39, 0.29) is 0 Å². The smallest absolute Gasteiger partial charge is 0.151 e. The maximum absolute atomic E-state index is 5.48. The van der Waals surface area contributed by atoms with E-state index in [0.29, 0.717) is 0 Å².